The molecule has 0 aromatic carbocycles. The summed E-state index contributed by atoms with van der Waals surface area (Å²) >= 11 is 0. The molecule has 90 valence electrons. The largest absolute Gasteiger partial charge is 0.353 e. The Morgan fingerprint density at radius 3 is 2.38 bits per heavy atom. The van der Waals surface area contributed by atoms with Gasteiger partial charge in [-0.1, -0.05) is 25.7 Å². The van der Waals surface area contributed by atoms with E-state index >= 15 is 0 Å². The molecule has 2 nitrogen and oxygen atoms in total. The zero-order valence-electron chi connectivity index (χ0n) is 10.1. The van der Waals surface area contributed by atoms with E-state index in [0.29, 0.717) is 17.9 Å². The number of amides is 1. The fourth-order valence-electron chi connectivity index (χ4n) is 3.67. The second-order valence-corrected chi connectivity index (χ2v) is 6.10. The predicted octanol–water partition coefficient (Wildman–Crippen LogP) is 2.87. The Balaban J connectivity index is 1.51. The van der Waals surface area contributed by atoms with Crippen molar-refractivity contribution in [3.8, 4) is 0 Å². The summed E-state index contributed by atoms with van der Waals surface area (Å²) in [6, 6.07) is 0.507. The number of carbonyl (C=O) groups is 1. The Hall–Kier alpha value is -0.530. The number of hydrogen-bond acceptors (Lipinski definition) is 1. The molecule has 2 heteroatoms. The summed E-state index contributed by atoms with van der Waals surface area (Å²) < 4.78 is 0. The molecule has 1 amide bonds. The molecule has 3 rings (SSSR count). The van der Waals surface area contributed by atoms with Crippen LogP contribution in [0.5, 0.6) is 0 Å². The number of hydrogen-bond donors (Lipinski definition) is 1. The summed E-state index contributed by atoms with van der Waals surface area (Å²) in [7, 11) is 0. The monoisotopic (exact) mass is 221 g/mol. The lowest BCUT2D eigenvalue weighted by atomic mass is 9.69. The van der Waals surface area contributed by atoms with Crippen LogP contribution < -0.4 is 5.32 Å². The van der Waals surface area contributed by atoms with Crippen LogP contribution in [0.4, 0.5) is 0 Å². The van der Waals surface area contributed by atoms with Crippen molar-refractivity contribution in [3.63, 3.8) is 0 Å². The van der Waals surface area contributed by atoms with Gasteiger partial charge in [-0.05, 0) is 43.9 Å². The maximum absolute atomic E-state index is 11.7. The number of fused-ring (bicyclic) bond motifs is 1. The molecule has 0 aromatic heterocycles. The minimum atomic E-state index is 0.347. The van der Waals surface area contributed by atoms with Gasteiger partial charge < -0.3 is 5.32 Å². The highest BCUT2D eigenvalue weighted by Crippen LogP contribution is 2.40. The molecule has 0 radical (unpaired) electrons. The standard InChI is InChI=1S/C14H23NO/c16-14(11-5-6-11)15-13-8-7-10-3-1-2-4-12(10)9-13/h10-13H,1-9H2,(H,15,16)/t10-,12+,13+/m0/s1. The van der Waals surface area contributed by atoms with Crippen molar-refractivity contribution >= 4 is 5.91 Å². The van der Waals surface area contributed by atoms with Gasteiger partial charge in [0.05, 0.1) is 0 Å². The van der Waals surface area contributed by atoms with E-state index in [1.807, 2.05) is 0 Å². The Bertz CT molecular complexity index is 272. The van der Waals surface area contributed by atoms with Crippen LogP contribution in [0.2, 0.25) is 0 Å². The maximum atomic E-state index is 11.7. The van der Waals surface area contributed by atoms with Gasteiger partial charge in [-0.25, -0.2) is 0 Å². The van der Waals surface area contributed by atoms with E-state index in [2.05, 4.69) is 5.32 Å². The molecule has 3 atom stereocenters. The summed E-state index contributed by atoms with van der Waals surface area (Å²) in [5, 5.41) is 3.27. The van der Waals surface area contributed by atoms with Gasteiger partial charge in [0.1, 0.15) is 0 Å². The minimum absolute atomic E-state index is 0.347. The fourth-order valence-corrected chi connectivity index (χ4v) is 3.67. The number of nitrogens with one attached hydrogen (secondary N) is 1. The molecule has 3 saturated carbocycles. The molecule has 0 aromatic rings. The van der Waals surface area contributed by atoms with Gasteiger partial charge in [-0.3, -0.25) is 4.79 Å². The molecular formula is C14H23NO. The lowest BCUT2D eigenvalue weighted by Crippen LogP contribution is -2.42. The normalized spacial score (nSPS) is 38.9. The third kappa shape index (κ3) is 2.26. The van der Waals surface area contributed by atoms with Gasteiger partial charge in [0, 0.05) is 12.0 Å². The summed E-state index contributed by atoms with van der Waals surface area (Å²) in [6.45, 7) is 0. The summed E-state index contributed by atoms with van der Waals surface area (Å²) in [5.41, 5.74) is 0. The molecule has 3 aliphatic rings. The van der Waals surface area contributed by atoms with Gasteiger partial charge in [0.25, 0.3) is 0 Å². The highest BCUT2D eigenvalue weighted by atomic mass is 16.2. The van der Waals surface area contributed by atoms with Crippen molar-refractivity contribution in [3.05, 3.63) is 0 Å². The van der Waals surface area contributed by atoms with Crippen LogP contribution in [0.3, 0.4) is 0 Å². The molecule has 0 unspecified atom stereocenters. The highest BCUT2D eigenvalue weighted by Gasteiger charge is 2.35. The molecule has 1 N–H and O–H groups in total. The van der Waals surface area contributed by atoms with Crippen LogP contribution in [0.25, 0.3) is 0 Å². The molecule has 0 saturated heterocycles. The average Bonchev–Trinajstić information content (AvgIpc) is 3.12. The van der Waals surface area contributed by atoms with Crippen molar-refractivity contribution in [2.24, 2.45) is 17.8 Å². The van der Waals surface area contributed by atoms with Crippen molar-refractivity contribution in [1.29, 1.82) is 0 Å². The predicted molar refractivity (Wildman–Crippen MR) is 64.0 cm³/mol. The van der Waals surface area contributed by atoms with E-state index in [4.69, 9.17) is 0 Å². The lowest BCUT2D eigenvalue weighted by molar-refractivity contribution is -0.123. The van der Waals surface area contributed by atoms with Crippen LogP contribution in [0.15, 0.2) is 0 Å². The quantitative estimate of drug-likeness (QED) is 0.763. The first-order valence-corrected chi connectivity index (χ1v) is 7.13. The van der Waals surface area contributed by atoms with E-state index in [1.165, 1.54) is 44.9 Å². The molecule has 16 heavy (non-hydrogen) atoms. The fraction of sp³-hybridized carbons (Fsp3) is 0.929. The van der Waals surface area contributed by atoms with Gasteiger partial charge in [-0.15, -0.1) is 0 Å². The van der Waals surface area contributed by atoms with Crippen molar-refractivity contribution in [2.75, 3.05) is 0 Å². The molecule has 0 heterocycles. The molecule has 3 fully saturated rings. The summed E-state index contributed by atoms with van der Waals surface area (Å²) in [5.74, 6) is 2.64. The Labute approximate surface area is 98.2 Å². The van der Waals surface area contributed by atoms with Crippen molar-refractivity contribution < 1.29 is 4.79 Å². The smallest absolute Gasteiger partial charge is 0.223 e. The second kappa shape index (κ2) is 4.38. The maximum Gasteiger partial charge on any atom is 0.223 e. The van der Waals surface area contributed by atoms with E-state index in [-0.39, 0.29) is 0 Å². The topological polar surface area (TPSA) is 29.1 Å². The van der Waals surface area contributed by atoms with Crippen LogP contribution in [0.1, 0.15) is 57.8 Å². The van der Waals surface area contributed by atoms with Gasteiger partial charge in [0.15, 0.2) is 0 Å². The van der Waals surface area contributed by atoms with E-state index in [9.17, 15) is 4.79 Å². The Morgan fingerprint density at radius 1 is 0.875 bits per heavy atom. The summed E-state index contributed by atoms with van der Waals surface area (Å²) in [6.07, 6.45) is 11.9. The zero-order chi connectivity index (χ0) is 11.0. The number of carbonyl (C=O) groups excluding carboxylic acids is 1. The SMILES string of the molecule is O=C(N[C@@H]1CC[C@@H]2CCCC[C@@H]2C1)C1CC1. The van der Waals surface area contributed by atoms with Crippen molar-refractivity contribution in [2.45, 2.75) is 63.8 Å². The van der Waals surface area contributed by atoms with E-state index < -0.39 is 0 Å². The molecule has 0 spiro atoms. The Kier molecular flexibility index (Phi) is 2.91. The number of rotatable bonds is 2. The lowest BCUT2D eigenvalue weighted by Gasteiger charge is -2.39. The van der Waals surface area contributed by atoms with Gasteiger partial charge >= 0.3 is 0 Å². The molecular weight excluding hydrogens is 198 g/mol. The first-order valence-electron chi connectivity index (χ1n) is 7.13. The van der Waals surface area contributed by atoms with Crippen LogP contribution in [0, 0.1) is 17.8 Å². The van der Waals surface area contributed by atoms with Crippen LogP contribution >= 0.6 is 0 Å². The van der Waals surface area contributed by atoms with Crippen molar-refractivity contribution in [1.82, 2.24) is 5.32 Å². The van der Waals surface area contributed by atoms with Crippen LogP contribution in [-0.2, 0) is 4.79 Å². The minimum Gasteiger partial charge on any atom is -0.353 e. The van der Waals surface area contributed by atoms with E-state index in [0.717, 1.165) is 24.7 Å². The van der Waals surface area contributed by atoms with E-state index in [1.54, 1.807) is 0 Å². The summed E-state index contributed by atoms with van der Waals surface area (Å²) in [4.78, 5) is 11.7. The highest BCUT2D eigenvalue weighted by molar-refractivity contribution is 5.81. The molecule has 0 bridgehead atoms. The first-order chi connectivity index (χ1) is 7.83. The second-order valence-electron chi connectivity index (χ2n) is 6.10. The zero-order valence-corrected chi connectivity index (χ0v) is 10.1. The third-order valence-corrected chi connectivity index (χ3v) is 4.83. The average molecular weight is 221 g/mol. The van der Waals surface area contributed by atoms with Crippen LogP contribution in [-0.4, -0.2) is 11.9 Å². The Morgan fingerprint density at radius 2 is 1.62 bits per heavy atom. The van der Waals surface area contributed by atoms with Gasteiger partial charge in [-0.2, -0.15) is 0 Å². The molecule has 0 aliphatic heterocycles. The first kappa shape index (κ1) is 10.6. The molecule has 3 aliphatic carbocycles. The third-order valence-electron chi connectivity index (χ3n) is 4.83. The van der Waals surface area contributed by atoms with Gasteiger partial charge in [0.2, 0.25) is 5.91 Å².